The summed E-state index contributed by atoms with van der Waals surface area (Å²) in [5.74, 6) is -7.06. The third-order valence-electron chi connectivity index (χ3n) is 6.65. The molecule has 0 saturated heterocycles. The van der Waals surface area contributed by atoms with E-state index in [0.29, 0.717) is 0 Å². The van der Waals surface area contributed by atoms with Crippen molar-refractivity contribution >= 4 is 41.8 Å². The molecule has 3 aromatic rings. The molecule has 4 rings (SSSR count). The quantitative estimate of drug-likeness (QED) is 0.0670. The average molecular weight is 809 g/mol. The fourth-order valence-electron chi connectivity index (χ4n) is 3.39. The standard InChI is InChI=1S/C9H4O5.2C8H6O4.C6H14O2.C5H12O2.C2H6O2/c10-7(11)4-1-2-5-6(3-4)9(13)14-8(5)12;9-7(10)5-1-2-6(4-3-5)8(11)12;9-7(10)5-2-1-3-6(4-5)8(11)12;7-5-3-1-2-4-6-8;1-5(2,3-6)4-7;3-1-2-4/h1-3H,(H,10,11);2*1-4H,(H,9,10)(H,11,12);7-8H,1-6H2;6-7H,3-4H2,1-2H3;3-4H,1-2H2. The summed E-state index contributed by atoms with van der Waals surface area (Å²) < 4.78 is 4.30. The highest BCUT2D eigenvalue weighted by molar-refractivity contribution is 6.15. The molecule has 11 N–H and O–H groups in total. The number of carbonyl (C=O) groups is 7. The lowest BCUT2D eigenvalue weighted by Crippen LogP contribution is -2.20. The number of benzene rings is 3. The van der Waals surface area contributed by atoms with Gasteiger partial charge < -0.3 is 60.9 Å². The van der Waals surface area contributed by atoms with Crippen molar-refractivity contribution in [1.29, 1.82) is 0 Å². The summed E-state index contributed by atoms with van der Waals surface area (Å²) in [4.78, 5) is 74.0. The Labute approximate surface area is 326 Å². The highest BCUT2D eigenvalue weighted by Crippen LogP contribution is 2.21. The fourth-order valence-corrected chi connectivity index (χ4v) is 3.39. The van der Waals surface area contributed by atoms with E-state index in [4.69, 9.17) is 56.2 Å². The summed E-state index contributed by atoms with van der Waals surface area (Å²) in [6, 6.07) is 13.9. The second-order valence-corrected chi connectivity index (χ2v) is 11.9. The molecule has 1 aliphatic rings. The van der Waals surface area contributed by atoms with Crippen molar-refractivity contribution in [1.82, 2.24) is 0 Å². The van der Waals surface area contributed by atoms with Crippen LogP contribution >= 0.6 is 0 Å². The van der Waals surface area contributed by atoms with Gasteiger partial charge in [-0.1, -0.05) is 32.8 Å². The summed E-state index contributed by atoms with van der Waals surface area (Å²) in [5.41, 5.74) is -0.102. The number of hydrogen-bond donors (Lipinski definition) is 11. The minimum atomic E-state index is -1.15. The van der Waals surface area contributed by atoms with Gasteiger partial charge in [0.1, 0.15) is 0 Å². The Kier molecular flexibility index (Phi) is 27.2. The number of carboxylic acid groups (broad SMARTS) is 5. The average Bonchev–Trinajstić information content (AvgIpc) is 3.49. The summed E-state index contributed by atoms with van der Waals surface area (Å²) in [6.07, 6.45) is 3.83. The van der Waals surface area contributed by atoms with E-state index in [0.717, 1.165) is 37.8 Å². The van der Waals surface area contributed by atoms with E-state index >= 15 is 0 Å². The van der Waals surface area contributed by atoms with Crippen LogP contribution in [0.25, 0.3) is 0 Å². The predicted molar refractivity (Wildman–Crippen MR) is 199 cm³/mol. The Morgan fingerprint density at radius 1 is 0.456 bits per heavy atom. The van der Waals surface area contributed by atoms with E-state index in [2.05, 4.69) is 4.74 Å². The molecular formula is C38H48O19. The molecule has 1 aliphatic heterocycles. The van der Waals surface area contributed by atoms with Gasteiger partial charge in [0.05, 0.1) is 65.4 Å². The molecule has 0 unspecified atom stereocenters. The molecule has 19 nitrogen and oxygen atoms in total. The molecule has 0 atom stereocenters. The van der Waals surface area contributed by atoms with Gasteiger partial charge >= 0.3 is 41.8 Å². The number of unbranched alkanes of at least 4 members (excludes halogenated alkanes) is 3. The highest BCUT2D eigenvalue weighted by atomic mass is 16.6. The van der Waals surface area contributed by atoms with Gasteiger partial charge in [-0.15, -0.1) is 0 Å². The number of fused-ring (bicyclic) bond motifs is 1. The zero-order chi connectivity index (χ0) is 44.1. The minimum Gasteiger partial charge on any atom is -0.478 e. The third-order valence-corrected chi connectivity index (χ3v) is 6.65. The van der Waals surface area contributed by atoms with Crippen LogP contribution < -0.4 is 0 Å². The Bertz CT molecular complexity index is 1660. The molecule has 0 aromatic heterocycles. The van der Waals surface area contributed by atoms with Crippen LogP contribution in [0, 0.1) is 5.41 Å². The number of carboxylic acids is 5. The van der Waals surface area contributed by atoms with Gasteiger partial charge in [-0.05, 0) is 73.5 Å². The van der Waals surface area contributed by atoms with E-state index in [1.54, 1.807) is 13.8 Å². The van der Waals surface area contributed by atoms with Gasteiger partial charge in [0.2, 0.25) is 0 Å². The summed E-state index contributed by atoms with van der Waals surface area (Å²) in [5, 5.41) is 91.3. The van der Waals surface area contributed by atoms with Crippen LogP contribution in [0.5, 0.6) is 0 Å². The van der Waals surface area contributed by atoms with E-state index in [1.165, 1.54) is 54.6 Å². The van der Waals surface area contributed by atoms with Crippen LogP contribution in [0.4, 0.5) is 0 Å². The van der Waals surface area contributed by atoms with Gasteiger partial charge in [0, 0.05) is 18.6 Å². The first-order valence-corrected chi connectivity index (χ1v) is 16.7. The van der Waals surface area contributed by atoms with E-state index in [9.17, 15) is 33.6 Å². The van der Waals surface area contributed by atoms with Gasteiger partial charge in [-0.3, -0.25) is 0 Å². The van der Waals surface area contributed by atoms with Crippen molar-refractivity contribution in [2.24, 2.45) is 5.41 Å². The molecule has 0 bridgehead atoms. The molecule has 314 valence electrons. The van der Waals surface area contributed by atoms with Gasteiger partial charge in [0.15, 0.2) is 0 Å². The SMILES string of the molecule is CC(C)(CO)CO.O=C(O)c1ccc(C(=O)O)cc1.O=C(O)c1ccc2c(c1)C(=O)OC2=O.O=C(O)c1cccc(C(=O)O)c1.OCCCCCCO.OCCO. The van der Waals surface area contributed by atoms with Crippen LogP contribution in [0.1, 0.15) is 112 Å². The topological polar surface area (TPSA) is 351 Å². The number of aliphatic hydroxyl groups excluding tert-OH is 6. The van der Waals surface area contributed by atoms with Crippen LogP contribution in [0.15, 0.2) is 66.7 Å². The Hall–Kier alpha value is -6.09. The van der Waals surface area contributed by atoms with E-state index in [1.807, 2.05) is 0 Å². The fraction of sp³-hybridized carbons (Fsp3) is 0.342. The summed E-state index contributed by atoms with van der Waals surface area (Å²) in [7, 11) is 0. The van der Waals surface area contributed by atoms with Crippen molar-refractivity contribution in [2.75, 3.05) is 39.6 Å². The zero-order valence-electron chi connectivity index (χ0n) is 31.1. The lowest BCUT2D eigenvalue weighted by molar-refractivity contribution is 0.0440. The van der Waals surface area contributed by atoms with Crippen molar-refractivity contribution in [2.45, 2.75) is 39.5 Å². The van der Waals surface area contributed by atoms with E-state index < -0.39 is 41.8 Å². The Morgan fingerprint density at radius 2 is 0.789 bits per heavy atom. The number of esters is 2. The second kappa shape index (κ2) is 29.2. The van der Waals surface area contributed by atoms with Crippen molar-refractivity contribution in [3.63, 3.8) is 0 Å². The summed E-state index contributed by atoms with van der Waals surface area (Å²) in [6.45, 7) is 4.00. The monoisotopic (exact) mass is 808 g/mol. The molecule has 0 amide bonds. The summed E-state index contributed by atoms with van der Waals surface area (Å²) >= 11 is 0. The number of hydrogen-bond acceptors (Lipinski definition) is 14. The van der Waals surface area contributed by atoms with Crippen LogP contribution in [-0.2, 0) is 4.74 Å². The number of cyclic esters (lactones) is 2. The molecule has 57 heavy (non-hydrogen) atoms. The Morgan fingerprint density at radius 3 is 1.09 bits per heavy atom. The second-order valence-electron chi connectivity index (χ2n) is 11.9. The molecule has 3 aromatic carbocycles. The molecule has 0 radical (unpaired) electrons. The van der Waals surface area contributed by atoms with Crippen LogP contribution in [0.3, 0.4) is 0 Å². The first-order valence-electron chi connectivity index (χ1n) is 16.7. The molecular weight excluding hydrogens is 760 g/mol. The van der Waals surface area contributed by atoms with Crippen LogP contribution in [-0.4, -0.2) is 138 Å². The van der Waals surface area contributed by atoms with Gasteiger partial charge in [0.25, 0.3) is 0 Å². The lowest BCUT2D eigenvalue weighted by atomic mass is 9.97. The van der Waals surface area contributed by atoms with Crippen molar-refractivity contribution in [3.8, 4) is 0 Å². The smallest absolute Gasteiger partial charge is 0.346 e. The first kappa shape index (κ1) is 53.0. The van der Waals surface area contributed by atoms with Gasteiger partial charge in [-0.2, -0.15) is 0 Å². The maximum absolute atomic E-state index is 11.0. The van der Waals surface area contributed by atoms with Crippen molar-refractivity contribution < 1.29 is 94.5 Å². The predicted octanol–water partition coefficient (Wildman–Crippen LogP) is 2.36. The molecule has 0 saturated carbocycles. The van der Waals surface area contributed by atoms with Crippen molar-refractivity contribution in [3.05, 3.63) is 106 Å². The zero-order valence-corrected chi connectivity index (χ0v) is 31.1. The Balaban J connectivity index is 0. The number of ether oxygens (including phenoxy) is 1. The molecule has 1 heterocycles. The maximum Gasteiger partial charge on any atom is 0.346 e. The first-order chi connectivity index (χ1) is 26.8. The third kappa shape index (κ3) is 22.8. The molecule has 0 aliphatic carbocycles. The normalized spacial score (nSPS) is 10.7. The highest BCUT2D eigenvalue weighted by Gasteiger charge is 2.30. The number of aromatic carboxylic acids is 5. The lowest BCUT2D eigenvalue weighted by Gasteiger charge is -2.16. The molecule has 0 spiro atoms. The van der Waals surface area contributed by atoms with E-state index in [-0.39, 0.29) is 84.0 Å². The number of rotatable bonds is 13. The van der Waals surface area contributed by atoms with Crippen LogP contribution in [0.2, 0.25) is 0 Å². The number of aliphatic hydroxyl groups is 6. The number of carbonyl (C=O) groups excluding carboxylic acids is 2. The minimum absolute atomic E-state index is 0.00917. The molecule has 0 fully saturated rings. The molecule has 19 heteroatoms. The maximum atomic E-state index is 11.0. The largest absolute Gasteiger partial charge is 0.478 e. The van der Waals surface area contributed by atoms with Gasteiger partial charge in [-0.25, -0.2) is 33.6 Å².